The summed E-state index contributed by atoms with van der Waals surface area (Å²) in [5.41, 5.74) is 7.71. The van der Waals surface area contributed by atoms with Crippen LogP contribution in [0.5, 0.6) is 0 Å². The molecule has 0 spiro atoms. The van der Waals surface area contributed by atoms with Crippen LogP contribution < -0.4 is 11.1 Å². The number of aryl methyl sites for hydroxylation is 1. The van der Waals surface area contributed by atoms with Crippen molar-refractivity contribution in [2.45, 2.75) is 39.7 Å². The summed E-state index contributed by atoms with van der Waals surface area (Å²) in [5, 5.41) is 3.19. The number of carbonyl (C=O) groups is 2. The van der Waals surface area contributed by atoms with Crippen LogP contribution >= 0.6 is 12.4 Å². The Morgan fingerprint density at radius 1 is 1.24 bits per heavy atom. The minimum Gasteiger partial charge on any atom is -0.368 e. The second-order valence-electron chi connectivity index (χ2n) is 6.81. The van der Waals surface area contributed by atoms with Crippen LogP contribution in [0.1, 0.15) is 44.4 Å². The normalized spacial score (nSPS) is 16.3. The van der Waals surface area contributed by atoms with Gasteiger partial charge in [0.15, 0.2) is 0 Å². The number of hydrogen-bond donors (Lipinski definition) is 2. The highest BCUT2D eigenvalue weighted by atomic mass is 35.5. The SMILES string of the molecule is CCCc1ccc(C(C)N(CC(N)=O)C(=O)C(C)C2CNC2)cc1.Cl. The maximum atomic E-state index is 12.9. The molecular formula is C19H30ClN3O2. The van der Waals surface area contributed by atoms with Crippen LogP contribution in [-0.4, -0.2) is 36.3 Å². The molecule has 1 aliphatic heterocycles. The van der Waals surface area contributed by atoms with E-state index >= 15 is 0 Å². The molecule has 2 atom stereocenters. The van der Waals surface area contributed by atoms with E-state index in [1.807, 2.05) is 26.0 Å². The molecule has 1 heterocycles. The Hall–Kier alpha value is -1.59. The number of nitrogens with one attached hydrogen (secondary N) is 1. The number of halogens is 1. The van der Waals surface area contributed by atoms with E-state index in [1.54, 1.807) is 4.90 Å². The maximum Gasteiger partial charge on any atom is 0.237 e. The predicted molar refractivity (Wildman–Crippen MR) is 103 cm³/mol. The largest absolute Gasteiger partial charge is 0.368 e. The second-order valence-corrected chi connectivity index (χ2v) is 6.81. The number of hydrogen-bond acceptors (Lipinski definition) is 3. The lowest BCUT2D eigenvalue weighted by Crippen LogP contribution is -2.51. The van der Waals surface area contributed by atoms with Crippen LogP contribution in [0.15, 0.2) is 24.3 Å². The van der Waals surface area contributed by atoms with Crippen molar-refractivity contribution in [3.05, 3.63) is 35.4 Å². The zero-order valence-electron chi connectivity index (χ0n) is 15.3. The predicted octanol–water partition coefficient (Wildman–Crippen LogP) is 2.29. The summed E-state index contributed by atoms with van der Waals surface area (Å²) in [7, 11) is 0. The van der Waals surface area contributed by atoms with Gasteiger partial charge in [-0.25, -0.2) is 0 Å². The summed E-state index contributed by atoms with van der Waals surface area (Å²) in [6, 6.07) is 8.12. The zero-order chi connectivity index (χ0) is 17.7. The minimum atomic E-state index is -0.475. The third-order valence-corrected chi connectivity index (χ3v) is 4.99. The molecule has 0 aromatic heterocycles. The van der Waals surface area contributed by atoms with E-state index in [0.29, 0.717) is 5.92 Å². The minimum absolute atomic E-state index is 0. The lowest BCUT2D eigenvalue weighted by molar-refractivity contribution is -0.142. The average Bonchev–Trinajstić information content (AvgIpc) is 2.50. The van der Waals surface area contributed by atoms with E-state index in [0.717, 1.165) is 31.5 Å². The zero-order valence-corrected chi connectivity index (χ0v) is 16.1. The first-order valence-corrected chi connectivity index (χ1v) is 8.82. The van der Waals surface area contributed by atoms with Crippen molar-refractivity contribution >= 4 is 24.2 Å². The molecule has 2 amide bonds. The van der Waals surface area contributed by atoms with Crippen LogP contribution in [-0.2, 0) is 16.0 Å². The average molecular weight is 368 g/mol. The van der Waals surface area contributed by atoms with Gasteiger partial charge in [0.1, 0.15) is 0 Å². The fourth-order valence-corrected chi connectivity index (χ4v) is 3.13. The van der Waals surface area contributed by atoms with E-state index in [2.05, 4.69) is 24.4 Å². The topological polar surface area (TPSA) is 75.4 Å². The van der Waals surface area contributed by atoms with Gasteiger partial charge in [-0.15, -0.1) is 12.4 Å². The molecule has 1 aromatic rings. The summed E-state index contributed by atoms with van der Waals surface area (Å²) < 4.78 is 0. The van der Waals surface area contributed by atoms with Gasteiger partial charge < -0.3 is 16.0 Å². The molecule has 1 saturated heterocycles. The molecule has 0 aliphatic carbocycles. The molecule has 5 nitrogen and oxygen atoms in total. The van der Waals surface area contributed by atoms with Gasteiger partial charge in [-0.2, -0.15) is 0 Å². The number of rotatable bonds is 8. The fourth-order valence-electron chi connectivity index (χ4n) is 3.13. The fraction of sp³-hybridized carbons (Fsp3) is 0.579. The van der Waals surface area contributed by atoms with E-state index in [9.17, 15) is 9.59 Å². The first kappa shape index (κ1) is 21.5. The van der Waals surface area contributed by atoms with Gasteiger partial charge in [0, 0.05) is 5.92 Å². The molecule has 0 saturated carbocycles. The van der Waals surface area contributed by atoms with Crippen LogP contribution in [0.4, 0.5) is 0 Å². The van der Waals surface area contributed by atoms with E-state index in [1.165, 1.54) is 5.56 Å². The van der Waals surface area contributed by atoms with E-state index < -0.39 is 5.91 Å². The third-order valence-electron chi connectivity index (χ3n) is 4.99. The van der Waals surface area contributed by atoms with Crippen molar-refractivity contribution in [1.82, 2.24) is 10.2 Å². The molecule has 0 bridgehead atoms. The van der Waals surface area contributed by atoms with Crippen molar-refractivity contribution in [1.29, 1.82) is 0 Å². The third kappa shape index (κ3) is 5.44. The summed E-state index contributed by atoms with van der Waals surface area (Å²) in [6.07, 6.45) is 2.15. The summed E-state index contributed by atoms with van der Waals surface area (Å²) in [4.78, 5) is 26.0. The number of amides is 2. The summed E-state index contributed by atoms with van der Waals surface area (Å²) in [6.45, 7) is 7.73. The van der Waals surface area contributed by atoms with Gasteiger partial charge in [0.25, 0.3) is 0 Å². The number of nitrogens with zero attached hydrogens (tertiary/aromatic N) is 1. The molecule has 140 valence electrons. The number of primary amides is 1. The van der Waals surface area contributed by atoms with Crippen LogP contribution in [0, 0.1) is 11.8 Å². The molecule has 2 rings (SSSR count). The van der Waals surface area contributed by atoms with Crippen LogP contribution in [0.3, 0.4) is 0 Å². The Morgan fingerprint density at radius 2 is 1.84 bits per heavy atom. The molecular weight excluding hydrogens is 338 g/mol. The van der Waals surface area contributed by atoms with E-state index in [-0.39, 0.29) is 36.8 Å². The first-order chi connectivity index (χ1) is 11.4. The summed E-state index contributed by atoms with van der Waals surface area (Å²) in [5.74, 6) is -0.235. The molecule has 0 radical (unpaired) electrons. The lowest BCUT2D eigenvalue weighted by Gasteiger charge is -2.37. The molecule has 25 heavy (non-hydrogen) atoms. The van der Waals surface area contributed by atoms with Gasteiger partial charge in [0.2, 0.25) is 11.8 Å². The molecule has 1 fully saturated rings. The Labute approximate surface area is 156 Å². The number of carbonyl (C=O) groups excluding carboxylic acids is 2. The first-order valence-electron chi connectivity index (χ1n) is 8.82. The maximum absolute atomic E-state index is 12.9. The molecule has 2 unspecified atom stereocenters. The van der Waals surface area contributed by atoms with Gasteiger partial charge in [-0.3, -0.25) is 9.59 Å². The Balaban J connectivity index is 0.00000312. The van der Waals surface area contributed by atoms with Gasteiger partial charge in [-0.1, -0.05) is 44.5 Å². The second kappa shape index (κ2) is 9.78. The molecule has 6 heteroatoms. The van der Waals surface area contributed by atoms with Crippen molar-refractivity contribution in [2.24, 2.45) is 17.6 Å². The monoisotopic (exact) mass is 367 g/mol. The lowest BCUT2D eigenvalue weighted by atomic mass is 9.87. The molecule has 1 aromatic carbocycles. The Bertz CT molecular complexity index is 573. The quantitative estimate of drug-likeness (QED) is 0.740. The van der Waals surface area contributed by atoms with Gasteiger partial charge in [-0.05, 0) is 43.5 Å². The van der Waals surface area contributed by atoms with Gasteiger partial charge >= 0.3 is 0 Å². The number of nitrogens with two attached hydrogens (primary N) is 1. The number of benzene rings is 1. The van der Waals surface area contributed by atoms with Crippen LogP contribution in [0.2, 0.25) is 0 Å². The van der Waals surface area contributed by atoms with Crippen LogP contribution in [0.25, 0.3) is 0 Å². The molecule has 1 aliphatic rings. The highest BCUT2D eigenvalue weighted by Gasteiger charge is 2.34. The summed E-state index contributed by atoms with van der Waals surface area (Å²) >= 11 is 0. The van der Waals surface area contributed by atoms with Crippen molar-refractivity contribution < 1.29 is 9.59 Å². The van der Waals surface area contributed by atoms with Gasteiger partial charge in [0.05, 0.1) is 12.6 Å². The smallest absolute Gasteiger partial charge is 0.237 e. The van der Waals surface area contributed by atoms with Crippen molar-refractivity contribution in [3.8, 4) is 0 Å². The molecule has 3 N–H and O–H groups in total. The standard InChI is InChI=1S/C19H29N3O2.ClH/c1-4-5-15-6-8-16(9-7-15)14(3)22(12-18(20)23)19(24)13(2)17-10-21-11-17;/h6-9,13-14,17,21H,4-5,10-12H2,1-3H3,(H2,20,23);1H. The van der Waals surface area contributed by atoms with Crippen molar-refractivity contribution in [2.75, 3.05) is 19.6 Å². The Kier molecular flexibility index (Phi) is 8.39. The highest BCUT2D eigenvalue weighted by molar-refractivity contribution is 5.86. The Morgan fingerprint density at radius 3 is 2.28 bits per heavy atom. The van der Waals surface area contributed by atoms with E-state index in [4.69, 9.17) is 5.73 Å². The highest BCUT2D eigenvalue weighted by Crippen LogP contribution is 2.26. The van der Waals surface area contributed by atoms with Crippen molar-refractivity contribution in [3.63, 3.8) is 0 Å².